The van der Waals surface area contributed by atoms with E-state index in [1.807, 2.05) is 6.07 Å². The topological polar surface area (TPSA) is 77.6 Å². The summed E-state index contributed by atoms with van der Waals surface area (Å²) in [5.74, 6) is 0. The summed E-state index contributed by atoms with van der Waals surface area (Å²) in [6.07, 6.45) is 1.38. The van der Waals surface area contributed by atoms with E-state index in [9.17, 15) is 0 Å². The summed E-state index contributed by atoms with van der Waals surface area (Å²) in [5, 5.41) is 11.3. The van der Waals surface area contributed by atoms with Gasteiger partial charge in [0.1, 0.15) is 0 Å². The maximum Gasteiger partial charge on any atom is 0.0642 e. The molecule has 126 valence electrons. The number of nitrogens with one attached hydrogen (secondary N) is 2. The van der Waals surface area contributed by atoms with Crippen LogP contribution in [0.3, 0.4) is 0 Å². The van der Waals surface area contributed by atoms with Gasteiger partial charge in [-0.3, -0.25) is 0 Å². The molecule has 0 unspecified atom stereocenters. The molecule has 0 aliphatic carbocycles. The zero-order valence-electron chi connectivity index (χ0n) is 14.1. The third-order valence-corrected chi connectivity index (χ3v) is 4.61. The quantitative estimate of drug-likeness (QED) is 0.578. The first kappa shape index (κ1) is 16.1. The van der Waals surface area contributed by atoms with Gasteiger partial charge in [-0.25, -0.2) is 0 Å². The fourth-order valence-electron chi connectivity index (χ4n) is 3.41. The number of nitrogens with zero attached hydrogens (tertiary/aromatic N) is 2. The fourth-order valence-corrected chi connectivity index (χ4v) is 3.41. The number of ether oxygens (including phenoxy) is 1. The van der Waals surface area contributed by atoms with Crippen LogP contribution in [0.2, 0.25) is 0 Å². The van der Waals surface area contributed by atoms with Gasteiger partial charge >= 0.3 is 0 Å². The highest BCUT2D eigenvalue weighted by Gasteiger charge is 2.28. The van der Waals surface area contributed by atoms with E-state index in [1.54, 1.807) is 0 Å². The number of benzene rings is 1. The Morgan fingerprint density at radius 3 is 2.61 bits per heavy atom. The number of piperazine rings is 1. The Kier molecular flexibility index (Phi) is 4.46. The summed E-state index contributed by atoms with van der Waals surface area (Å²) in [7, 11) is 0. The molecule has 0 bridgehead atoms. The van der Waals surface area contributed by atoms with Gasteiger partial charge in [0, 0.05) is 67.1 Å². The van der Waals surface area contributed by atoms with Gasteiger partial charge in [-0.2, -0.15) is 0 Å². The Balaban J connectivity index is 1.96. The minimum atomic E-state index is 0.0568. The van der Waals surface area contributed by atoms with Gasteiger partial charge in [0.15, 0.2) is 0 Å². The fraction of sp³-hybridized carbons (Fsp3) is 0.588. The summed E-state index contributed by atoms with van der Waals surface area (Å²) < 4.78 is 5.44. The van der Waals surface area contributed by atoms with E-state index in [4.69, 9.17) is 15.9 Å². The number of hydrogen-bond donors (Lipinski definition) is 3. The minimum Gasteiger partial charge on any atom is -0.398 e. The van der Waals surface area contributed by atoms with Gasteiger partial charge in [0.25, 0.3) is 0 Å². The summed E-state index contributed by atoms with van der Waals surface area (Å²) in [4.78, 5) is 4.65. The molecule has 0 radical (unpaired) electrons. The highest BCUT2D eigenvalue weighted by atomic mass is 16.5. The summed E-state index contributed by atoms with van der Waals surface area (Å²) >= 11 is 0. The Morgan fingerprint density at radius 1 is 1.22 bits per heavy atom. The number of morpholine rings is 1. The maximum atomic E-state index is 7.78. The molecule has 2 aliphatic rings. The van der Waals surface area contributed by atoms with Gasteiger partial charge < -0.3 is 31.0 Å². The Bertz CT molecular complexity index is 581. The van der Waals surface area contributed by atoms with Gasteiger partial charge in [0.05, 0.1) is 13.2 Å². The largest absolute Gasteiger partial charge is 0.398 e. The molecule has 3 rings (SSSR count). The lowest BCUT2D eigenvalue weighted by molar-refractivity contribution is 0.122. The molecule has 4 N–H and O–H groups in total. The highest BCUT2D eigenvalue weighted by Crippen LogP contribution is 2.33. The third-order valence-electron chi connectivity index (χ3n) is 4.61. The second kappa shape index (κ2) is 6.37. The zero-order valence-corrected chi connectivity index (χ0v) is 14.1. The third kappa shape index (κ3) is 3.43. The van der Waals surface area contributed by atoms with Crippen molar-refractivity contribution in [1.82, 2.24) is 5.32 Å². The summed E-state index contributed by atoms with van der Waals surface area (Å²) in [6, 6.07) is 4.17. The van der Waals surface area contributed by atoms with Crippen LogP contribution in [0.15, 0.2) is 12.1 Å². The molecule has 6 nitrogen and oxygen atoms in total. The van der Waals surface area contributed by atoms with E-state index in [0.717, 1.165) is 62.9 Å². The van der Waals surface area contributed by atoms with Crippen molar-refractivity contribution in [3.63, 3.8) is 0 Å². The first-order valence-corrected chi connectivity index (χ1v) is 8.27. The number of nitrogen functional groups attached to an aromatic ring is 1. The van der Waals surface area contributed by atoms with Crippen molar-refractivity contribution in [2.75, 3.05) is 61.5 Å². The normalized spacial score (nSPS) is 21.3. The molecule has 1 aromatic rings. The molecule has 6 heteroatoms. The van der Waals surface area contributed by atoms with Crippen molar-refractivity contribution in [2.45, 2.75) is 19.4 Å². The van der Waals surface area contributed by atoms with E-state index in [1.165, 1.54) is 6.21 Å². The van der Waals surface area contributed by atoms with Crippen molar-refractivity contribution < 1.29 is 4.74 Å². The molecule has 23 heavy (non-hydrogen) atoms. The van der Waals surface area contributed by atoms with Crippen LogP contribution < -0.4 is 20.9 Å². The first-order valence-electron chi connectivity index (χ1n) is 8.27. The van der Waals surface area contributed by atoms with Crippen molar-refractivity contribution in [3.8, 4) is 0 Å². The van der Waals surface area contributed by atoms with Crippen molar-refractivity contribution in [2.24, 2.45) is 0 Å². The molecule has 0 spiro atoms. The predicted octanol–water partition coefficient (Wildman–Crippen LogP) is 1.29. The predicted molar refractivity (Wildman–Crippen MR) is 96.1 cm³/mol. The molecule has 0 aromatic heterocycles. The van der Waals surface area contributed by atoms with Crippen LogP contribution in [0.4, 0.5) is 17.1 Å². The van der Waals surface area contributed by atoms with Crippen LogP contribution in [-0.2, 0) is 4.74 Å². The van der Waals surface area contributed by atoms with Gasteiger partial charge in [-0.05, 0) is 26.0 Å². The van der Waals surface area contributed by atoms with Crippen molar-refractivity contribution in [1.29, 1.82) is 5.41 Å². The van der Waals surface area contributed by atoms with Gasteiger partial charge in [-0.1, -0.05) is 0 Å². The lowest BCUT2D eigenvalue weighted by Crippen LogP contribution is -2.57. The number of anilines is 3. The monoisotopic (exact) mass is 317 g/mol. The molecule has 0 amide bonds. The number of rotatable bonds is 3. The smallest absolute Gasteiger partial charge is 0.0642 e. The Morgan fingerprint density at radius 2 is 1.96 bits per heavy atom. The molecule has 2 fully saturated rings. The molecule has 0 atom stereocenters. The zero-order chi connectivity index (χ0) is 16.4. The van der Waals surface area contributed by atoms with Crippen LogP contribution in [0.1, 0.15) is 19.4 Å². The SMILES string of the molecule is CC1(C)CN(c2cc(N3CCOCC3)cc(N)c2C=N)CCN1. The van der Waals surface area contributed by atoms with Crippen molar-refractivity contribution in [3.05, 3.63) is 17.7 Å². The minimum absolute atomic E-state index is 0.0568. The molecule has 2 aliphatic heterocycles. The first-order chi connectivity index (χ1) is 11.0. The molecule has 1 aromatic carbocycles. The Labute approximate surface area is 138 Å². The second-order valence-electron chi connectivity index (χ2n) is 6.94. The van der Waals surface area contributed by atoms with E-state index < -0.39 is 0 Å². The van der Waals surface area contributed by atoms with Crippen molar-refractivity contribution >= 4 is 23.3 Å². The van der Waals surface area contributed by atoms with E-state index >= 15 is 0 Å². The second-order valence-corrected chi connectivity index (χ2v) is 6.94. The lowest BCUT2D eigenvalue weighted by Gasteiger charge is -2.41. The Hall–Kier alpha value is -1.79. The van der Waals surface area contributed by atoms with Gasteiger partial charge in [-0.15, -0.1) is 0 Å². The van der Waals surface area contributed by atoms with E-state index in [2.05, 4.69) is 35.0 Å². The standard InChI is InChI=1S/C17H27N5O/c1-17(2)12-22(4-3-20-17)16-10-13(9-15(19)14(16)11-18)21-5-7-23-8-6-21/h9-11,18,20H,3-8,12,19H2,1-2H3. The average Bonchev–Trinajstić information content (AvgIpc) is 2.54. The van der Waals surface area contributed by atoms with Crippen LogP contribution in [-0.4, -0.2) is 57.7 Å². The van der Waals surface area contributed by atoms with Crippen LogP contribution in [0, 0.1) is 5.41 Å². The maximum absolute atomic E-state index is 7.78. The number of hydrogen-bond acceptors (Lipinski definition) is 6. The molecule has 0 saturated carbocycles. The summed E-state index contributed by atoms with van der Waals surface area (Å²) in [6.45, 7) is 10.5. The van der Waals surface area contributed by atoms with Crippen LogP contribution in [0.25, 0.3) is 0 Å². The average molecular weight is 317 g/mol. The summed E-state index contributed by atoms with van der Waals surface area (Å²) in [5.41, 5.74) is 10.0. The highest BCUT2D eigenvalue weighted by molar-refractivity contribution is 5.95. The molecule has 2 saturated heterocycles. The number of nitrogens with two attached hydrogens (primary N) is 1. The van der Waals surface area contributed by atoms with E-state index in [0.29, 0.717) is 5.69 Å². The lowest BCUT2D eigenvalue weighted by atomic mass is 10.00. The molecular formula is C17H27N5O. The molecular weight excluding hydrogens is 290 g/mol. The molecule has 2 heterocycles. The van der Waals surface area contributed by atoms with Crippen LogP contribution >= 0.6 is 0 Å². The van der Waals surface area contributed by atoms with E-state index in [-0.39, 0.29) is 5.54 Å². The van der Waals surface area contributed by atoms with Gasteiger partial charge in [0.2, 0.25) is 0 Å². The van der Waals surface area contributed by atoms with Crippen LogP contribution in [0.5, 0.6) is 0 Å².